The summed E-state index contributed by atoms with van der Waals surface area (Å²) in [6.45, 7) is 1.44. The third kappa shape index (κ3) is 2.97. The Labute approximate surface area is 140 Å². The maximum atomic E-state index is 13.6. The van der Waals surface area contributed by atoms with Crippen LogP contribution in [0, 0.1) is 0 Å². The van der Waals surface area contributed by atoms with Crippen molar-refractivity contribution in [1.29, 1.82) is 0 Å². The molecule has 2 unspecified atom stereocenters. The summed E-state index contributed by atoms with van der Waals surface area (Å²) in [5, 5.41) is 9.36. The van der Waals surface area contributed by atoms with Crippen LogP contribution in [0.5, 0.6) is 5.75 Å². The van der Waals surface area contributed by atoms with Gasteiger partial charge >= 0.3 is 5.97 Å². The molecule has 0 aromatic heterocycles. The van der Waals surface area contributed by atoms with Crippen LogP contribution in [0.15, 0.2) is 48.5 Å². The molecule has 3 rings (SSSR count). The quantitative estimate of drug-likeness (QED) is 0.666. The molecular formula is C18H19O5P. The van der Waals surface area contributed by atoms with E-state index in [2.05, 4.69) is 0 Å². The highest BCUT2D eigenvalue weighted by Gasteiger charge is 2.41. The van der Waals surface area contributed by atoms with Gasteiger partial charge in [0.1, 0.15) is 12.4 Å². The Morgan fingerprint density at radius 2 is 1.83 bits per heavy atom. The number of esters is 1. The van der Waals surface area contributed by atoms with Crippen LogP contribution in [-0.4, -0.2) is 29.9 Å². The number of para-hydroxylation sites is 1. The number of carbonyl (C=O) groups excluding carboxylic acids is 1. The van der Waals surface area contributed by atoms with Crippen molar-refractivity contribution in [3.05, 3.63) is 48.5 Å². The van der Waals surface area contributed by atoms with Crippen molar-refractivity contribution in [3.63, 3.8) is 0 Å². The summed E-state index contributed by atoms with van der Waals surface area (Å²) < 4.78 is 24.4. The summed E-state index contributed by atoms with van der Waals surface area (Å²) >= 11 is 0. The lowest BCUT2D eigenvalue weighted by Crippen LogP contribution is -2.26. The molecule has 1 aliphatic heterocycles. The van der Waals surface area contributed by atoms with Gasteiger partial charge in [0.05, 0.1) is 24.0 Å². The van der Waals surface area contributed by atoms with E-state index in [1.165, 1.54) is 0 Å². The number of aliphatic hydroxyl groups excluding tert-OH is 1. The highest BCUT2D eigenvalue weighted by Crippen LogP contribution is 2.58. The number of fused-ring (bicyclic) bond motifs is 3. The van der Waals surface area contributed by atoms with Crippen LogP contribution in [-0.2, 0) is 14.1 Å². The first-order chi connectivity index (χ1) is 11.6. The monoisotopic (exact) mass is 346 g/mol. The van der Waals surface area contributed by atoms with E-state index in [0.29, 0.717) is 11.1 Å². The van der Waals surface area contributed by atoms with Crippen LogP contribution in [0.4, 0.5) is 0 Å². The number of hydrogen-bond acceptors (Lipinski definition) is 5. The zero-order valence-corrected chi connectivity index (χ0v) is 14.2. The second kappa shape index (κ2) is 6.80. The van der Waals surface area contributed by atoms with Gasteiger partial charge in [0.15, 0.2) is 0 Å². The standard InChI is InChI=1S/C18H19O5P/c1-13(12-18(20)22-11-10-19)24(21)17-9-5-3-7-15(17)14-6-2-4-8-16(14)23-24/h2-9,13,19H,10-12H2,1H3. The number of rotatable bonds is 5. The van der Waals surface area contributed by atoms with Gasteiger partial charge in [-0.2, -0.15) is 0 Å². The van der Waals surface area contributed by atoms with Gasteiger partial charge in [0.2, 0.25) is 0 Å². The molecule has 6 heteroatoms. The third-order valence-electron chi connectivity index (χ3n) is 4.05. The molecule has 0 saturated heterocycles. The molecule has 1 N–H and O–H groups in total. The van der Waals surface area contributed by atoms with E-state index in [-0.39, 0.29) is 19.6 Å². The van der Waals surface area contributed by atoms with Gasteiger partial charge < -0.3 is 14.4 Å². The minimum atomic E-state index is -3.28. The molecule has 0 amide bonds. The SMILES string of the molecule is CC(CC(=O)OCCO)P1(=O)Oc2ccccc2-c2ccccc21. The molecule has 0 saturated carbocycles. The normalized spacial score (nSPS) is 19.6. The van der Waals surface area contributed by atoms with Gasteiger partial charge in [0.25, 0.3) is 7.37 Å². The van der Waals surface area contributed by atoms with E-state index >= 15 is 0 Å². The lowest BCUT2D eigenvalue weighted by atomic mass is 10.0. The highest BCUT2D eigenvalue weighted by atomic mass is 31.2. The molecule has 0 bridgehead atoms. The van der Waals surface area contributed by atoms with E-state index < -0.39 is 19.0 Å². The van der Waals surface area contributed by atoms with E-state index in [4.69, 9.17) is 14.4 Å². The number of hydrogen-bond donors (Lipinski definition) is 1. The maximum absolute atomic E-state index is 13.6. The van der Waals surface area contributed by atoms with Crippen LogP contribution in [0.1, 0.15) is 13.3 Å². The first-order valence-corrected chi connectivity index (χ1v) is 9.50. The summed E-state index contributed by atoms with van der Waals surface area (Å²) in [7, 11) is -3.28. The molecule has 0 spiro atoms. The van der Waals surface area contributed by atoms with Crippen molar-refractivity contribution in [2.45, 2.75) is 19.0 Å². The third-order valence-corrected chi connectivity index (χ3v) is 6.92. The largest absolute Gasteiger partial charge is 0.463 e. The fourth-order valence-corrected chi connectivity index (χ4v) is 5.26. The molecule has 0 aliphatic carbocycles. The predicted octanol–water partition coefficient (Wildman–Crippen LogP) is 2.96. The smallest absolute Gasteiger partial charge is 0.306 e. The Morgan fingerprint density at radius 3 is 2.58 bits per heavy atom. The average molecular weight is 346 g/mol. The topological polar surface area (TPSA) is 72.8 Å². The molecule has 2 aromatic carbocycles. The molecule has 5 nitrogen and oxygen atoms in total. The van der Waals surface area contributed by atoms with Crippen molar-refractivity contribution in [3.8, 4) is 16.9 Å². The van der Waals surface area contributed by atoms with Crippen molar-refractivity contribution in [2.75, 3.05) is 13.2 Å². The molecular weight excluding hydrogens is 327 g/mol. The molecule has 24 heavy (non-hydrogen) atoms. The average Bonchev–Trinajstić information content (AvgIpc) is 2.60. The van der Waals surface area contributed by atoms with Gasteiger partial charge in [-0.05, 0) is 17.7 Å². The summed E-state index contributed by atoms with van der Waals surface area (Å²) in [4.78, 5) is 11.8. The first kappa shape index (κ1) is 16.7. The van der Waals surface area contributed by atoms with E-state index in [0.717, 1.165) is 11.1 Å². The summed E-state index contributed by atoms with van der Waals surface area (Å²) in [5.74, 6) is 0.0711. The molecule has 126 valence electrons. The van der Waals surface area contributed by atoms with Crippen LogP contribution in [0.2, 0.25) is 0 Å². The van der Waals surface area contributed by atoms with Crippen LogP contribution < -0.4 is 9.83 Å². The predicted molar refractivity (Wildman–Crippen MR) is 91.9 cm³/mol. The molecule has 1 heterocycles. The molecule has 1 aliphatic rings. The van der Waals surface area contributed by atoms with Crippen molar-refractivity contribution >= 4 is 18.6 Å². The van der Waals surface area contributed by atoms with Crippen LogP contribution >= 0.6 is 7.37 Å². The van der Waals surface area contributed by atoms with Gasteiger partial charge in [-0.25, -0.2) is 0 Å². The lowest BCUT2D eigenvalue weighted by Gasteiger charge is -2.32. The van der Waals surface area contributed by atoms with Crippen molar-refractivity contribution in [1.82, 2.24) is 0 Å². The Bertz CT molecular complexity index is 802. The fraction of sp³-hybridized carbons (Fsp3) is 0.278. The zero-order valence-electron chi connectivity index (χ0n) is 13.3. The van der Waals surface area contributed by atoms with Crippen LogP contribution in [0.25, 0.3) is 11.1 Å². The summed E-state index contributed by atoms with van der Waals surface area (Å²) in [6, 6.07) is 14.9. The fourth-order valence-electron chi connectivity index (χ4n) is 2.84. The zero-order chi connectivity index (χ0) is 17.2. The highest BCUT2D eigenvalue weighted by molar-refractivity contribution is 7.68. The Hall–Kier alpha value is -2.10. The minimum absolute atomic E-state index is 0.0339. The van der Waals surface area contributed by atoms with Crippen molar-refractivity contribution < 1.29 is 23.7 Å². The molecule has 2 aromatic rings. The van der Waals surface area contributed by atoms with Crippen molar-refractivity contribution in [2.24, 2.45) is 0 Å². The van der Waals surface area contributed by atoms with Crippen LogP contribution in [0.3, 0.4) is 0 Å². The second-order valence-corrected chi connectivity index (χ2v) is 8.44. The number of benzene rings is 2. The lowest BCUT2D eigenvalue weighted by molar-refractivity contribution is -0.144. The molecule has 0 fully saturated rings. The maximum Gasteiger partial charge on any atom is 0.306 e. The second-order valence-electron chi connectivity index (χ2n) is 5.70. The van der Waals surface area contributed by atoms with E-state index in [1.807, 2.05) is 36.4 Å². The Balaban J connectivity index is 1.96. The Kier molecular flexibility index (Phi) is 4.74. The van der Waals surface area contributed by atoms with Gasteiger partial charge in [-0.15, -0.1) is 0 Å². The first-order valence-electron chi connectivity index (χ1n) is 7.81. The minimum Gasteiger partial charge on any atom is -0.463 e. The van der Waals surface area contributed by atoms with E-state index in [1.54, 1.807) is 19.1 Å². The number of ether oxygens (including phenoxy) is 1. The Morgan fingerprint density at radius 1 is 1.17 bits per heavy atom. The summed E-state index contributed by atoms with van der Waals surface area (Å²) in [6.07, 6.45) is -0.0339. The number of aliphatic hydroxyl groups is 1. The summed E-state index contributed by atoms with van der Waals surface area (Å²) in [5.41, 5.74) is 1.24. The van der Waals surface area contributed by atoms with Gasteiger partial charge in [-0.3, -0.25) is 9.36 Å². The number of carbonyl (C=O) groups is 1. The van der Waals surface area contributed by atoms with Gasteiger partial charge in [-0.1, -0.05) is 43.3 Å². The van der Waals surface area contributed by atoms with E-state index in [9.17, 15) is 9.36 Å². The molecule has 2 atom stereocenters. The molecule has 0 radical (unpaired) electrons. The van der Waals surface area contributed by atoms with Gasteiger partial charge in [0, 0.05) is 5.56 Å².